The Morgan fingerprint density at radius 2 is 1.90 bits per heavy atom. The topological polar surface area (TPSA) is 105 Å². The lowest BCUT2D eigenvalue weighted by molar-refractivity contribution is -0.115. The van der Waals surface area contributed by atoms with Crippen molar-refractivity contribution in [3.05, 3.63) is 66.1 Å². The maximum atomic E-state index is 13.0. The van der Waals surface area contributed by atoms with Crippen LogP contribution in [-0.2, 0) is 14.8 Å². The quantitative estimate of drug-likeness (QED) is 0.539. The van der Waals surface area contributed by atoms with Crippen molar-refractivity contribution in [3.8, 4) is 0 Å². The van der Waals surface area contributed by atoms with E-state index in [1.807, 2.05) is 30.3 Å². The van der Waals surface area contributed by atoms with Gasteiger partial charge in [0.25, 0.3) is 0 Å². The Morgan fingerprint density at radius 3 is 2.52 bits per heavy atom. The van der Waals surface area contributed by atoms with Crippen molar-refractivity contribution < 1.29 is 17.7 Å². The van der Waals surface area contributed by atoms with Gasteiger partial charge < -0.3 is 9.84 Å². The number of nitrogens with zero attached hydrogens (tertiary/aromatic N) is 3. The predicted octanol–water partition coefficient (Wildman–Crippen LogP) is 3.63. The summed E-state index contributed by atoms with van der Waals surface area (Å²) >= 11 is 1.24. The minimum atomic E-state index is -3.53. The average molecular weight is 459 g/mol. The van der Waals surface area contributed by atoms with Gasteiger partial charge >= 0.3 is 0 Å². The number of thioether (sulfide) groups is 1. The molecule has 1 atom stereocenters. The first-order valence-corrected chi connectivity index (χ1v) is 12.2. The fourth-order valence-corrected chi connectivity index (χ4v) is 5.73. The van der Waals surface area contributed by atoms with Crippen LogP contribution in [0.4, 0.5) is 5.82 Å². The van der Waals surface area contributed by atoms with E-state index in [0.717, 1.165) is 18.4 Å². The SMILES string of the molecule is Cc1cc(NC(=O)[C@H](Sc2ccc(S(=O)(=O)N3CCCC3)cn2)c2ccccc2)no1. The van der Waals surface area contributed by atoms with Crippen molar-refractivity contribution >= 4 is 33.5 Å². The molecule has 1 amide bonds. The number of pyridine rings is 1. The summed E-state index contributed by atoms with van der Waals surface area (Å²) in [7, 11) is -3.53. The van der Waals surface area contributed by atoms with Crippen LogP contribution in [0.3, 0.4) is 0 Å². The van der Waals surface area contributed by atoms with Gasteiger partial charge in [-0.25, -0.2) is 13.4 Å². The predicted molar refractivity (Wildman–Crippen MR) is 117 cm³/mol. The van der Waals surface area contributed by atoms with E-state index in [1.165, 1.54) is 22.3 Å². The van der Waals surface area contributed by atoms with Crippen molar-refractivity contribution in [2.24, 2.45) is 0 Å². The molecule has 3 aromatic rings. The van der Waals surface area contributed by atoms with E-state index in [-0.39, 0.29) is 10.8 Å². The highest BCUT2D eigenvalue weighted by atomic mass is 32.2. The van der Waals surface area contributed by atoms with E-state index < -0.39 is 15.3 Å². The van der Waals surface area contributed by atoms with Crippen molar-refractivity contribution in [1.82, 2.24) is 14.4 Å². The molecular weight excluding hydrogens is 436 g/mol. The summed E-state index contributed by atoms with van der Waals surface area (Å²) in [6, 6.07) is 14.1. The molecule has 0 saturated carbocycles. The minimum absolute atomic E-state index is 0.164. The third-order valence-corrected chi connectivity index (χ3v) is 7.96. The monoisotopic (exact) mass is 458 g/mol. The van der Waals surface area contributed by atoms with Crippen molar-refractivity contribution in [2.75, 3.05) is 18.4 Å². The standard InChI is InChI=1S/C21H22N4O4S2/c1-15-13-18(24-29-15)23-21(26)20(16-7-3-2-4-8-16)30-19-10-9-17(14-22-19)31(27,28)25-11-5-6-12-25/h2-4,7-10,13-14,20H,5-6,11-12H2,1H3,(H,23,24,26)/t20-/m1/s1. The highest BCUT2D eigenvalue weighted by Gasteiger charge is 2.28. The molecule has 0 bridgehead atoms. The molecule has 31 heavy (non-hydrogen) atoms. The minimum Gasteiger partial charge on any atom is -0.360 e. The number of rotatable bonds is 7. The van der Waals surface area contributed by atoms with Crippen LogP contribution < -0.4 is 5.32 Å². The zero-order valence-electron chi connectivity index (χ0n) is 16.9. The molecule has 1 aromatic carbocycles. The van der Waals surface area contributed by atoms with E-state index in [0.29, 0.717) is 29.7 Å². The summed E-state index contributed by atoms with van der Waals surface area (Å²) in [6.45, 7) is 2.82. The Hall–Kier alpha value is -2.69. The summed E-state index contributed by atoms with van der Waals surface area (Å²) in [6.07, 6.45) is 3.11. The molecule has 0 spiro atoms. The van der Waals surface area contributed by atoms with Gasteiger partial charge in [0.2, 0.25) is 15.9 Å². The van der Waals surface area contributed by atoms with Crippen LogP contribution >= 0.6 is 11.8 Å². The van der Waals surface area contributed by atoms with Gasteiger partial charge in [-0.3, -0.25) is 4.79 Å². The van der Waals surface area contributed by atoms with Gasteiger partial charge in [0, 0.05) is 25.4 Å². The molecule has 3 heterocycles. The molecule has 0 unspecified atom stereocenters. The lowest BCUT2D eigenvalue weighted by Crippen LogP contribution is -2.27. The second-order valence-electron chi connectivity index (χ2n) is 7.16. The Labute approximate surface area is 185 Å². The average Bonchev–Trinajstić information content (AvgIpc) is 3.45. The molecule has 162 valence electrons. The summed E-state index contributed by atoms with van der Waals surface area (Å²) in [5.41, 5.74) is 0.792. The third kappa shape index (κ3) is 4.97. The van der Waals surface area contributed by atoms with Gasteiger partial charge in [-0.2, -0.15) is 4.31 Å². The molecule has 0 radical (unpaired) electrons. The molecule has 2 aromatic heterocycles. The summed E-state index contributed by atoms with van der Waals surface area (Å²) in [4.78, 5) is 17.5. The van der Waals surface area contributed by atoms with E-state index in [1.54, 1.807) is 25.1 Å². The number of carbonyl (C=O) groups is 1. The highest BCUT2D eigenvalue weighted by molar-refractivity contribution is 8.00. The first kappa shape index (κ1) is 21.5. The molecular formula is C21H22N4O4S2. The van der Waals surface area contributed by atoms with E-state index in [9.17, 15) is 13.2 Å². The Bertz CT molecular complexity index is 1140. The molecule has 1 N–H and O–H groups in total. The number of hydrogen-bond acceptors (Lipinski definition) is 7. The van der Waals surface area contributed by atoms with Gasteiger partial charge in [-0.1, -0.05) is 47.3 Å². The number of sulfonamides is 1. The van der Waals surface area contributed by atoms with Crippen LogP contribution in [0.5, 0.6) is 0 Å². The molecule has 10 heteroatoms. The van der Waals surface area contributed by atoms with Gasteiger partial charge in [0.05, 0.1) is 5.03 Å². The number of aryl methyl sites for hydroxylation is 1. The van der Waals surface area contributed by atoms with Gasteiger partial charge in [0.1, 0.15) is 15.9 Å². The molecule has 1 aliphatic heterocycles. The van der Waals surface area contributed by atoms with Crippen molar-refractivity contribution in [2.45, 2.75) is 34.9 Å². The number of benzene rings is 1. The summed E-state index contributed by atoms with van der Waals surface area (Å²) in [5.74, 6) is 0.653. The number of anilines is 1. The molecule has 1 fully saturated rings. The molecule has 1 saturated heterocycles. The van der Waals surface area contributed by atoms with Gasteiger partial charge in [-0.15, -0.1) is 0 Å². The number of carbonyl (C=O) groups excluding carboxylic acids is 1. The van der Waals surface area contributed by atoms with Crippen LogP contribution in [0.15, 0.2) is 69.2 Å². The van der Waals surface area contributed by atoms with E-state index >= 15 is 0 Å². The normalized spacial score (nSPS) is 15.6. The maximum absolute atomic E-state index is 13.0. The Kier molecular flexibility index (Phi) is 6.40. The fourth-order valence-electron chi connectivity index (χ4n) is 3.31. The second-order valence-corrected chi connectivity index (χ2v) is 10.2. The van der Waals surface area contributed by atoms with Crippen LogP contribution in [0.25, 0.3) is 0 Å². The van der Waals surface area contributed by atoms with E-state index in [2.05, 4.69) is 15.5 Å². The number of hydrogen-bond donors (Lipinski definition) is 1. The Morgan fingerprint density at radius 1 is 1.16 bits per heavy atom. The number of nitrogens with one attached hydrogen (secondary N) is 1. The summed E-state index contributed by atoms with van der Waals surface area (Å²) < 4.78 is 31.9. The van der Waals surface area contributed by atoms with Crippen LogP contribution in [0, 0.1) is 6.92 Å². The first-order chi connectivity index (χ1) is 14.9. The lowest BCUT2D eigenvalue weighted by Gasteiger charge is -2.17. The molecule has 1 aliphatic rings. The maximum Gasteiger partial charge on any atom is 0.244 e. The van der Waals surface area contributed by atoms with Crippen molar-refractivity contribution in [3.63, 3.8) is 0 Å². The van der Waals surface area contributed by atoms with Crippen LogP contribution in [0.2, 0.25) is 0 Å². The first-order valence-electron chi connectivity index (χ1n) is 9.85. The van der Waals surface area contributed by atoms with Crippen LogP contribution in [-0.4, -0.2) is 41.9 Å². The molecule has 4 rings (SSSR count). The summed E-state index contributed by atoms with van der Waals surface area (Å²) in [5, 5.41) is 6.51. The fraction of sp³-hybridized carbons (Fsp3) is 0.286. The zero-order chi connectivity index (χ0) is 21.8. The number of amides is 1. The Balaban J connectivity index is 1.54. The largest absolute Gasteiger partial charge is 0.360 e. The molecule has 8 nitrogen and oxygen atoms in total. The number of aromatic nitrogens is 2. The molecule has 0 aliphatic carbocycles. The lowest BCUT2D eigenvalue weighted by atomic mass is 10.1. The van der Waals surface area contributed by atoms with Gasteiger partial charge in [0.15, 0.2) is 5.82 Å². The van der Waals surface area contributed by atoms with Gasteiger partial charge in [-0.05, 0) is 37.5 Å². The second kappa shape index (κ2) is 9.21. The third-order valence-electron chi connectivity index (χ3n) is 4.87. The van der Waals surface area contributed by atoms with Crippen molar-refractivity contribution in [1.29, 1.82) is 0 Å². The highest BCUT2D eigenvalue weighted by Crippen LogP contribution is 2.35. The zero-order valence-corrected chi connectivity index (χ0v) is 18.5. The van der Waals surface area contributed by atoms with Crippen LogP contribution in [0.1, 0.15) is 29.4 Å². The smallest absolute Gasteiger partial charge is 0.244 e. The van der Waals surface area contributed by atoms with E-state index in [4.69, 9.17) is 4.52 Å².